The molecule has 228 valence electrons. The number of aromatic nitrogens is 1. The quantitative estimate of drug-likeness (QED) is 0.257. The van der Waals surface area contributed by atoms with E-state index in [1.807, 2.05) is 12.1 Å². The third-order valence-electron chi connectivity index (χ3n) is 8.89. The number of phenols is 1. The number of phenolic OH excluding ortho intramolecular Hbond substituents is 1. The Balaban J connectivity index is 1.06. The van der Waals surface area contributed by atoms with Gasteiger partial charge in [0.15, 0.2) is 0 Å². The maximum Gasteiger partial charge on any atom is 0.322 e. The van der Waals surface area contributed by atoms with Gasteiger partial charge in [0.25, 0.3) is 0 Å². The molecule has 11 heteroatoms. The number of anilines is 1. The van der Waals surface area contributed by atoms with Crippen LogP contribution in [0, 0.1) is 0 Å². The average molecular weight is 587 g/mol. The Hall–Kier alpha value is -4.12. The molecule has 2 aromatic rings. The minimum absolute atomic E-state index is 0.144. The van der Waals surface area contributed by atoms with Gasteiger partial charge < -0.3 is 36.4 Å². The lowest BCUT2D eigenvalue weighted by Crippen LogP contribution is -2.50. The number of amidine groups is 1. The summed E-state index contributed by atoms with van der Waals surface area (Å²) in [6.45, 7) is 6.00. The number of aliphatic carboxylic acids is 1. The first-order chi connectivity index (χ1) is 21.0. The predicted molar refractivity (Wildman–Crippen MR) is 167 cm³/mol. The summed E-state index contributed by atoms with van der Waals surface area (Å²) in [5.41, 5.74) is 3.59. The molecule has 0 spiro atoms. The second-order valence-electron chi connectivity index (χ2n) is 11.7. The van der Waals surface area contributed by atoms with Crippen LogP contribution in [0.25, 0.3) is 6.08 Å². The van der Waals surface area contributed by atoms with Crippen molar-refractivity contribution in [2.45, 2.75) is 63.5 Å². The molecule has 1 aromatic heterocycles. The summed E-state index contributed by atoms with van der Waals surface area (Å²) < 4.78 is 0. The van der Waals surface area contributed by atoms with Gasteiger partial charge in [0.1, 0.15) is 41.3 Å². The number of aromatic hydroxyl groups is 1. The fourth-order valence-corrected chi connectivity index (χ4v) is 6.48. The number of hydrogen-bond donors (Lipinski definition) is 6. The van der Waals surface area contributed by atoms with Crippen LogP contribution in [0.3, 0.4) is 0 Å². The highest BCUT2D eigenvalue weighted by atomic mass is 16.4. The van der Waals surface area contributed by atoms with Gasteiger partial charge in [-0.15, -0.1) is 0 Å². The number of para-hydroxylation sites is 1. The number of aliphatic imine (C=N–C) groups is 1. The predicted octanol–water partition coefficient (Wildman–Crippen LogP) is 1.41. The van der Waals surface area contributed by atoms with E-state index in [0.29, 0.717) is 30.9 Å². The van der Waals surface area contributed by atoms with Gasteiger partial charge in [-0.25, -0.2) is 9.98 Å². The number of nitrogens with one attached hydrogen (secondary N) is 4. The second kappa shape index (κ2) is 13.0. The van der Waals surface area contributed by atoms with Crippen LogP contribution in [0.15, 0.2) is 51.7 Å². The molecule has 11 nitrogen and oxygen atoms in total. The number of nitrogens with zero attached hydrogens (tertiary/aromatic N) is 4. The van der Waals surface area contributed by atoms with E-state index in [9.17, 15) is 15.0 Å². The van der Waals surface area contributed by atoms with Crippen molar-refractivity contribution >= 4 is 23.7 Å². The van der Waals surface area contributed by atoms with Crippen molar-refractivity contribution in [2.75, 3.05) is 44.7 Å². The van der Waals surface area contributed by atoms with Gasteiger partial charge in [0.05, 0.1) is 6.04 Å². The molecule has 1 aromatic carbocycles. The van der Waals surface area contributed by atoms with Gasteiger partial charge in [0, 0.05) is 49.9 Å². The maximum atomic E-state index is 12.1. The molecule has 1 saturated heterocycles. The van der Waals surface area contributed by atoms with Gasteiger partial charge >= 0.3 is 5.97 Å². The zero-order valence-electron chi connectivity index (χ0n) is 24.8. The molecule has 6 rings (SSSR count). The molecule has 6 N–H and O–H groups in total. The van der Waals surface area contributed by atoms with Crippen LogP contribution in [-0.2, 0) is 11.2 Å². The molecular formula is C32H42N8O3. The van der Waals surface area contributed by atoms with E-state index in [0.717, 1.165) is 73.6 Å². The number of pyridine rings is 1. The van der Waals surface area contributed by atoms with Crippen molar-refractivity contribution in [3.63, 3.8) is 0 Å². The number of aryl methyl sites for hydroxylation is 1. The Bertz CT molecular complexity index is 1530. The number of carboxylic acid groups (broad SMARTS) is 1. The van der Waals surface area contributed by atoms with E-state index in [1.54, 1.807) is 12.1 Å². The standard InChI is InChI=1S/C32H42N8O3/c1-2-24-30(35-18-26(32(42)43)34-17-23-10-8-21-5-3-7-27(41)28(21)38-23)36-19-37-31(24)40-15-12-20(13-16-40)25-11-9-22-6-4-14-33-29(22)39-25/h3,5,7-9,11,20,23,26,34,37,41H,2,4,6,10,12-19H2,1H3,(H,33,39)(H,35,36)(H,42,43)/t23?,26-/m0/s1. The highest BCUT2D eigenvalue weighted by molar-refractivity contribution is 5.99. The number of carboxylic acids is 1. The third kappa shape index (κ3) is 6.46. The number of hydrogen-bond acceptors (Lipinski definition) is 10. The number of rotatable bonds is 9. The maximum absolute atomic E-state index is 12.1. The fourth-order valence-electron chi connectivity index (χ4n) is 6.48. The van der Waals surface area contributed by atoms with E-state index < -0.39 is 12.0 Å². The Morgan fingerprint density at radius 3 is 2.86 bits per heavy atom. The molecule has 1 unspecified atom stereocenters. The first-order valence-corrected chi connectivity index (χ1v) is 15.6. The van der Waals surface area contributed by atoms with Crippen molar-refractivity contribution in [2.24, 2.45) is 9.98 Å². The Kier molecular flexibility index (Phi) is 8.78. The van der Waals surface area contributed by atoms with E-state index >= 15 is 0 Å². The van der Waals surface area contributed by atoms with E-state index in [-0.39, 0.29) is 18.3 Å². The minimum atomic E-state index is -0.930. The van der Waals surface area contributed by atoms with Gasteiger partial charge in [0.2, 0.25) is 0 Å². The molecule has 0 amide bonds. The monoisotopic (exact) mass is 586 g/mol. The summed E-state index contributed by atoms with van der Waals surface area (Å²) in [5.74, 6) is 2.56. The van der Waals surface area contributed by atoms with Crippen LogP contribution in [0.1, 0.15) is 56.2 Å². The summed E-state index contributed by atoms with van der Waals surface area (Å²) in [6, 6.07) is 8.84. The summed E-state index contributed by atoms with van der Waals surface area (Å²) in [4.78, 5) is 28.8. The highest BCUT2D eigenvalue weighted by Crippen LogP contribution is 2.31. The molecule has 1 fully saturated rings. The number of benzene rings is 1. The fraction of sp³-hybridized carbons (Fsp3) is 0.500. The number of fused-ring (bicyclic) bond motifs is 2. The van der Waals surface area contributed by atoms with Crippen LogP contribution in [0.5, 0.6) is 5.75 Å². The van der Waals surface area contributed by atoms with Crippen LogP contribution >= 0.6 is 0 Å². The van der Waals surface area contributed by atoms with Gasteiger partial charge in [-0.1, -0.05) is 31.2 Å². The molecule has 4 aliphatic rings. The van der Waals surface area contributed by atoms with Crippen molar-refractivity contribution < 1.29 is 15.0 Å². The summed E-state index contributed by atoms with van der Waals surface area (Å²) in [5, 5.41) is 35.0. The summed E-state index contributed by atoms with van der Waals surface area (Å²) in [6.07, 6.45) is 7.83. The lowest BCUT2D eigenvalue weighted by molar-refractivity contribution is -0.139. The molecule has 2 atom stereocenters. The lowest BCUT2D eigenvalue weighted by atomic mass is 9.92. The highest BCUT2D eigenvalue weighted by Gasteiger charge is 2.28. The molecular weight excluding hydrogens is 544 g/mol. The number of likely N-dealkylation sites (tertiary alicyclic amines) is 1. The van der Waals surface area contributed by atoms with E-state index in [4.69, 9.17) is 4.98 Å². The number of piperidine rings is 1. The molecule has 0 aliphatic carbocycles. The summed E-state index contributed by atoms with van der Waals surface area (Å²) in [7, 11) is 0. The average Bonchev–Trinajstić information content (AvgIpc) is 3.04. The van der Waals surface area contributed by atoms with Crippen molar-refractivity contribution in [1.82, 2.24) is 25.8 Å². The largest absolute Gasteiger partial charge is 0.506 e. The molecule has 5 heterocycles. The first kappa shape index (κ1) is 29.0. The van der Waals surface area contributed by atoms with Gasteiger partial charge in [-0.05, 0) is 61.4 Å². The molecule has 4 aliphatic heterocycles. The second-order valence-corrected chi connectivity index (χ2v) is 11.7. The van der Waals surface area contributed by atoms with Crippen LogP contribution < -0.4 is 31.8 Å². The Morgan fingerprint density at radius 1 is 1.19 bits per heavy atom. The zero-order chi connectivity index (χ0) is 29.8. The topological polar surface area (TPSA) is 146 Å². The molecule has 0 saturated carbocycles. The number of carbonyl (C=O) groups is 1. The van der Waals surface area contributed by atoms with Crippen LogP contribution in [0.2, 0.25) is 0 Å². The third-order valence-corrected chi connectivity index (χ3v) is 8.89. The van der Waals surface area contributed by atoms with Crippen LogP contribution in [0.4, 0.5) is 5.82 Å². The first-order valence-electron chi connectivity index (χ1n) is 15.6. The summed E-state index contributed by atoms with van der Waals surface area (Å²) >= 11 is 0. The van der Waals surface area contributed by atoms with Crippen molar-refractivity contribution in [1.29, 1.82) is 0 Å². The van der Waals surface area contributed by atoms with Crippen molar-refractivity contribution in [3.05, 3.63) is 63.6 Å². The van der Waals surface area contributed by atoms with Crippen molar-refractivity contribution in [3.8, 4) is 5.75 Å². The SMILES string of the molecule is CCC1=C(N2CCC(c3ccc4c(n3)NCCC4)CC2)NCN=C1NC[C@H](NCC1CC=c2cccc(O)c2=N1)C(=O)O. The molecule has 0 bridgehead atoms. The van der Waals surface area contributed by atoms with Gasteiger partial charge in [-0.3, -0.25) is 9.79 Å². The minimum Gasteiger partial charge on any atom is -0.506 e. The van der Waals surface area contributed by atoms with Gasteiger partial charge in [-0.2, -0.15) is 0 Å². The Labute approximate surface area is 251 Å². The smallest absolute Gasteiger partial charge is 0.322 e. The lowest BCUT2D eigenvalue weighted by Gasteiger charge is -2.38. The normalized spacial score (nSPS) is 20.8. The van der Waals surface area contributed by atoms with E-state index in [1.165, 1.54) is 17.7 Å². The zero-order valence-corrected chi connectivity index (χ0v) is 24.8. The molecule has 43 heavy (non-hydrogen) atoms. The van der Waals surface area contributed by atoms with Crippen LogP contribution in [-0.4, -0.2) is 83.4 Å². The van der Waals surface area contributed by atoms with E-state index in [2.05, 4.69) is 55.2 Å². The molecule has 0 radical (unpaired) electrons. The Morgan fingerprint density at radius 2 is 2.05 bits per heavy atom.